The summed E-state index contributed by atoms with van der Waals surface area (Å²) in [6.07, 6.45) is 1.98. The van der Waals surface area contributed by atoms with Crippen LogP contribution in [0.25, 0.3) is 10.9 Å². The van der Waals surface area contributed by atoms with E-state index < -0.39 is 0 Å². The zero-order valence-corrected chi connectivity index (χ0v) is 14.9. The molecular formula is C20H15N5S. The van der Waals surface area contributed by atoms with Gasteiger partial charge < -0.3 is 9.88 Å². The quantitative estimate of drug-likeness (QED) is 0.756. The van der Waals surface area contributed by atoms with Gasteiger partial charge in [-0.15, -0.1) is 0 Å². The second kappa shape index (κ2) is 6.51. The number of benzene rings is 1. The minimum absolute atomic E-state index is 0.173. The van der Waals surface area contributed by atoms with E-state index in [1.807, 2.05) is 53.0 Å². The summed E-state index contributed by atoms with van der Waals surface area (Å²) in [7, 11) is 0. The number of aromatic amines is 1. The number of fused-ring (bicyclic) bond motifs is 1. The summed E-state index contributed by atoms with van der Waals surface area (Å²) in [6, 6.07) is 14.1. The number of hydrogen-bond donors (Lipinski definition) is 1. The van der Waals surface area contributed by atoms with Gasteiger partial charge in [-0.3, -0.25) is 0 Å². The van der Waals surface area contributed by atoms with Crippen LogP contribution in [0.4, 0.5) is 0 Å². The number of aliphatic imine (C=N–C) groups is 1. The smallest absolute Gasteiger partial charge is 0.175 e. The third-order valence-electron chi connectivity index (χ3n) is 4.60. The lowest BCUT2D eigenvalue weighted by Gasteiger charge is -2.35. The summed E-state index contributed by atoms with van der Waals surface area (Å²) in [4.78, 5) is 9.88. The number of likely N-dealkylation sites (N-methyl/N-ethyl adjacent to an activating group) is 1. The minimum Gasteiger partial charge on any atom is -0.361 e. The maximum atomic E-state index is 9.66. The summed E-state index contributed by atoms with van der Waals surface area (Å²) in [5.41, 5.74) is 4.37. The van der Waals surface area contributed by atoms with Crippen molar-refractivity contribution in [2.24, 2.45) is 4.99 Å². The van der Waals surface area contributed by atoms with Crippen LogP contribution in [0.15, 0.2) is 63.7 Å². The van der Waals surface area contributed by atoms with Crippen molar-refractivity contribution in [1.82, 2.24) is 9.88 Å². The summed E-state index contributed by atoms with van der Waals surface area (Å²) < 4.78 is 0. The van der Waals surface area contributed by atoms with Gasteiger partial charge in [0, 0.05) is 34.8 Å². The SMILES string of the molecule is CCN1C(C#N)=C(C#N)N=C(c2ccsc2)C1c1c[nH]c2ccccc12. The van der Waals surface area contributed by atoms with Crippen molar-refractivity contribution in [1.29, 1.82) is 10.5 Å². The van der Waals surface area contributed by atoms with E-state index in [0.717, 1.165) is 27.7 Å². The van der Waals surface area contributed by atoms with Crippen molar-refractivity contribution >= 4 is 28.0 Å². The molecule has 6 heteroatoms. The van der Waals surface area contributed by atoms with Crippen molar-refractivity contribution in [2.45, 2.75) is 13.0 Å². The van der Waals surface area contributed by atoms with Gasteiger partial charge in [-0.05, 0) is 29.8 Å². The normalized spacial score (nSPS) is 17.1. The lowest BCUT2D eigenvalue weighted by atomic mass is 9.93. The second-order valence-electron chi connectivity index (χ2n) is 5.91. The highest BCUT2D eigenvalue weighted by Gasteiger charge is 2.35. The van der Waals surface area contributed by atoms with Crippen LogP contribution in [0.2, 0.25) is 0 Å². The fraction of sp³-hybridized carbons (Fsp3) is 0.150. The Morgan fingerprint density at radius 1 is 1.23 bits per heavy atom. The number of para-hydroxylation sites is 1. The third-order valence-corrected chi connectivity index (χ3v) is 5.28. The number of thiophene rings is 1. The van der Waals surface area contributed by atoms with Crippen LogP contribution in [-0.2, 0) is 0 Å². The molecular weight excluding hydrogens is 342 g/mol. The number of H-pyrrole nitrogens is 1. The lowest BCUT2D eigenvalue weighted by Crippen LogP contribution is -2.37. The van der Waals surface area contributed by atoms with Gasteiger partial charge in [0.2, 0.25) is 0 Å². The maximum Gasteiger partial charge on any atom is 0.175 e. The van der Waals surface area contributed by atoms with Gasteiger partial charge in [0.05, 0.1) is 5.71 Å². The Morgan fingerprint density at radius 3 is 2.77 bits per heavy atom. The van der Waals surface area contributed by atoms with Crippen LogP contribution in [0.1, 0.15) is 24.1 Å². The Morgan fingerprint density at radius 2 is 2.08 bits per heavy atom. The summed E-state index contributed by atoms with van der Waals surface area (Å²) in [5, 5.41) is 24.3. The van der Waals surface area contributed by atoms with Gasteiger partial charge in [-0.1, -0.05) is 18.2 Å². The molecule has 0 amide bonds. The van der Waals surface area contributed by atoms with Crippen LogP contribution >= 0.6 is 11.3 Å². The van der Waals surface area contributed by atoms with Crippen molar-refractivity contribution in [2.75, 3.05) is 6.54 Å². The van der Waals surface area contributed by atoms with Gasteiger partial charge in [-0.2, -0.15) is 21.9 Å². The molecule has 0 aliphatic carbocycles. The Labute approximate surface area is 155 Å². The van der Waals surface area contributed by atoms with E-state index in [0.29, 0.717) is 12.2 Å². The lowest BCUT2D eigenvalue weighted by molar-refractivity contribution is 0.333. The number of nitriles is 2. The van der Waals surface area contributed by atoms with Gasteiger partial charge >= 0.3 is 0 Å². The molecule has 1 aliphatic heterocycles. The number of allylic oxidation sites excluding steroid dienone is 2. The molecule has 26 heavy (non-hydrogen) atoms. The summed E-state index contributed by atoms with van der Waals surface area (Å²) in [6.45, 7) is 2.59. The van der Waals surface area contributed by atoms with Gasteiger partial charge in [0.15, 0.2) is 11.4 Å². The molecule has 0 fully saturated rings. The zero-order valence-electron chi connectivity index (χ0n) is 14.1. The standard InChI is InChI=1S/C20H15N5S/c1-2-25-18(10-22)17(9-21)24-19(13-7-8-26-12-13)20(25)15-11-23-16-6-4-3-5-14(15)16/h3-8,11-12,20,23H,2H2,1H3. The van der Waals surface area contributed by atoms with Crippen LogP contribution in [0, 0.1) is 22.7 Å². The van der Waals surface area contributed by atoms with Gasteiger partial charge in [0.1, 0.15) is 18.2 Å². The molecule has 1 N–H and O–H groups in total. The van der Waals surface area contributed by atoms with Crippen LogP contribution in [-0.4, -0.2) is 22.1 Å². The van der Waals surface area contributed by atoms with Crippen molar-refractivity contribution in [3.05, 3.63) is 69.8 Å². The highest BCUT2D eigenvalue weighted by molar-refractivity contribution is 7.08. The largest absolute Gasteiger partial charge is 0.361 e. The molecule has 0 saturated heterocycles. The predicted molar refractivity (Wildman–Crippen MR) is 103 cm³/mol. The Bertz CT molecular complexity index is 1110. The number of aromatic nitrogens is 1. The molecule has 0 spiro atoms. The van der Waals surface area contributed by atoms with E-state index in [1.54, 1.807) is 11.3 Å². The third kappa shape index (κ3) is 2.40. The monoisotopic (exact) mass is 357 g/mol. The minimum atomic E-state index is -0.225. The first-order valence-electron chi connectivity index (χ1n) is 8.26. The maximum absolute atomic E-state index is 9.66. The Balaban J connectivity index is 1.99. The van der Waals surface area contributed by atoms with Crippen molar-refractivity contribution in [3.8, 4) is 12.1 Å². The molecule has 1 aliphatic rings. The molecule has 3 heterocycles. The first-order valence-corrected chi connectivity index (χ1v) is 9.21. The molecule has 1 atom stereocenters. The average Bonchev–Trinajstić information content (AvgIpc) is 3.36. The van der Waals surface area contributed by atoms with E-state index in [2.05, 4.69) is 28.2 Å². The highest BCUT2D eigenvalue weighted by Crippen LogP contribution is 2.37. The molecule has 2 aromatic heterocycles. The number of rotatable bonds is 3. The van der Waals surface area contributed by atoms with Crippen LogP contribution < -0.4 is 0 Å². The first-order chi connectivity index (χ1) is 12.8. The summed E-state index contributed by atoms with van der Waals surface area (Å²) >= 11 is 1.59. The molecule has 4 rings (SSSR count). The van der Waals surface area contributed by atoms with E-state index in [9.17, 15) is 10.5 Å². The van der Waals surface area contributed by atoms with E-state index >= 15 is 0 Å². The molecule has 1 unspecified atom stereocenters. The van der Waals surface area contributed by atoms with E-state index in [1.165, 1.54) is 0 Å². The first kappa shape index (κ1) is 16.1. The summed E-state index contributed by atoms with van der Waals surface area (Å²) in [5.74, 6) is 0. The molecule has 5 nitrogen and oxygen atoms in total. The Hall–Kier alpha value is -3.35. The van der Waals surface area contributed by atoms with Gasteiger partial charge in [0.25, 0.3) is 0 Å². The molecule has 1 aromatic carbocycles. The number of nitrogens with one attached hydrogen (secondary N) is 1. The molecule has 126 valence electrons. The zero-order chi connectivity index (χ0) is 18.1. The predicted octanol–water partition coefficient (Wildman–Crippen LogP) is 4.35. The molecule has 0 radical (unpaired) electrons. The highest BCUT2D eigenvalue weighted by atomic mass is 32.1. The van der Waals surface area contributed by atoms with Gasteiger partial charge in [-0.25, -0.2) is 4.99 Å². The van der Waals surface area contributed by atoms with Crippen molar-refractivity contribution < 1.29 is 0 Å². The molecule has 3 aromatic rings. The van der Waals surface area contributed by atoms with E-state index in [-0.39, 0.29) is 11.7 Å². The van der Waals surface area contributed by atoms with E-state index in [4.69, 9.17) is 0 Å². The van der Waals surface area contributed by atoms with Crippen LogP contribution in [0.5, 0.6) is 0 Å². The number of nitrogens with zero attached hydrogens (tertiary/aromatic N) is 4. The number of hydrogen-bond acceptors (Lipinski definition) is 5. The average molecular weight is 357 g/mol. The second-order valence-corrected chi connectivity index (χ2v) is 6.69. The topological polar surface area (TPSA) is 79.0 Å². The Kier molecular flexibility index (Phi) is 4.04. The molecule has 0 saturated carbocycles. The van der Waals surface area contributed by atoms with Crippen molar-refractivity contribution in [3.63, 3.8) is 0 Å². The molecule has 0 bridgehead atoms. The fourth-order valence-electron chi connectivity index (χ4n) is 3.45. The fourth-order valence-corrected chi connectivity index (χ4v) is 4.10. The van der Waals surface area contributed by atoms with Crippen LogP contribution in [0.3, 0.4) is 0 Å².